The number of ether oxygens (including phenoxy) is 2. The number of amidine groups is 1. The zero-order valence-electron chi connectivity index (χ0n) is 29.8. The number of nitrogens with two attached hydrogens (primary N) is 1. The number of hydrogen-bond acceptors (Lipinski definition) is 8. The number of aryl methyl sites for hydroxylation is 1. The van der Waals surface area contributed by atoms with Crippen molar-refractivity contribution >= 4 is 23.5 Å². The average molecular weight is 682 g/mol. The standard InChI is InChI=1S/C38H51N9O3/c1-26-10-12-27(13-11-26)42-35(24-33(39)38(2,3)4)44-37(48)43-31-15-16-32(30-9-7-6-8-29(30)31)50-28-14-17-34(40)47(25-28)36(41)45(5)18-19-46-20-22-49-23-21-46/h6-14,17,24-25,31-32,40-41H,15-16,18-23,39H2,1-5H3,(H2,42,43,44,48)/b33-24-,40-34?,41-36?/t31-,32+/m0/s1. The summed E-state index contributed by atoms with van der Waals surface area (Å²) in [6, 6.07) is 18.5. The van der Waals surface area contributed by atoms with Gasteiger partial charge in [0.05, 0.1) is 31.1 Å². The zero-order chi connectivity index (χ0) is 35.8. The van der Waals surface area contributed by atoms with E-state index < -0.39 is 0 Å². The first-order valence-corrected chi connectivity index (χ1v) is 17.2. The molecule has 2 heterocycles. The van der Waals surface area contributed by atoms with Crippen LogP contribution in [0.4, 0.5) is 10.5 Å². The zero-order valence-corrected chi connectivity index (χ0v) is 29.8. The van der Waals surface area contributed by atoms with Crippen LogP contribution in [-0.4, -0.2) is 78.6 Å². The molecule has 1 aromatic heterocycles. The summed E-state index contributed by atoms with van der Waals surface area (Å²) in [7, 11) is 1.87. The lowest BCUT2D eigenvalue weighted by Crippen LogP contribution is -2.44. The summed E-state index contributed by atoms with van der Waals surface area (Å²) < 4.78 is 13.5. The third-order valence-electron chi connectivity index (χ3n) is 9.07. The molecule has 0 radical (unpaired) electrons. The summed E-state index contributed by atoms with van der Waals surface area (Å²) in [6.07, 6.45) is 4.47. The maximum Gasteiger partial charge on any atom is 0.320 e. The van der Waals surface area contributed by atoms with Crippen LogP contribution in [0.25, 0.3) is 0 Å². The molecular formula is C38H51N9O3. The Morgan fingerprint density at radius 2 is 1.78 bits per heavy atom. The first-order valence-electron chi connectivity index (χ1n) is 17.2. The molecule has 0 bridgehead atoms. The van der Waals surface area contributed by atoms with E-state index in [9.17, 15) is 4.79 Å². The number of rotatable bonds is 8. The summed E-state index contributed by atoms with van der Waals surface area (Å²) in [5.74, 6) is 1.13. The van der Waals surface area contributed by atoms with Gasteiger partial charge in [0.2, 0.25) is 5.96 Å². The normalized spacial score (nSPS) is 18.6. The molecule has 12 nitrogen and oxygen atoms in total. The van der Waals surface area contributed by atoms with Crippen molar-refractivity contribution in [2.45, 2.75) is 52.7 Å². The molecular weight excluding hydrogens is 630 g/mol. The maximum atomic E-state index is 13.4. The van der Waals surface area contributed by atoms with Crippen LogP contribution in [0.3, 0.4) is 0 Å². The maximum absolute atomic E-state index is 13.4. The van der Waals surface area contributed by atoms with Crippen LogP contribution in [0, 0.1) is 23.2 Å². The van der Waals surface area contributed by atoms with Gasteiger partial charge < -0.3 is 25.4 Å². The summed E-state index contributed by atoms with van der Waals surface area (Å²) >= 11 is 0. The van der Waals surface area contributed by atoms with Crippen LogP contribution in [0.2, 0.25) is 0 Å². The van der Waals surface area contributed by atoms with Crippen molar-refractivity contribution < 1.29 is 14.3 Å². The molecule has 266 valence electrons. The van der Waals surface area contributed by atoms with Gasteiger partial charge in [-0.25, -0.2) is 9.79 Å². The number of benzene rings is 2. The molecule has 12 heteroatoms. The SMILES string of the molecule is Cc1ccc(N=C(/C=C(\N)C(C)(C)C)NC(=O)N[C@H]2CC[C@@H](Oc3ccc(=N)n(C(=N)N(C)CCN4CCOCC4)c3)c3ccccc32)cc1. The highest BCUT2D eigenvalue weighted by molar-refractivity contribution is 6.05. The fourth-order valence-corrected chi connectivity index (χ4v) is 5.85. The molecule has 1 fully saturated rings. The van der Waals surface area contributed by atoms with Gasteiger partial charge in [0, 0.05) is 50.4 Å². The highest BCUT2D eigenvalue weighted by Gasteiger charge is 2.30. The number of nitrogens with one attached hydrogen (secondary N) is 4. The number of allylic oxidation sites excluding steroid dienone is 1. The molecule has 0 spiro atoms. The second-order valence-corrected chi connectivity index (χ2v) is 14.0. The van der Waals surface area contributed by atoms with Crippen molar-refractivity contribution in [1.82, 2.24) is 25.0 Å². The summed E-state index contributed by atoms with van der Waals surface area (Å²) in [4.78, 5) is 22.3. The van der Waals surface area contributed by atoms with E-state index in [1.165, 1.54) is 4.57 Å². The number of likely N-dealkylation sites (N-methyl/N-ethyl adjacent to an activating group) is 1. The van der Waals surface area contributed by atoms with Crippen LogP contribution in [0.15, 0.2) is 83.6 Å². The van der Waals surface area contributed by atoms with E-state index in [-0.39, 0.29) is 35.0 Å². The van der Waals surface area contributed by atoms with Gasteiger partial charge in [-0.05, 0) is 55.2 Å². The lowest BCUT2D eigenvalue weighted by molar-refractivity contribution is 0.0364. The Labute approximate surface area is 295 Å². The number of nitrogens with zero attached hydrogens (tertiary/aromatic N) is 4. The smallest absolute Gasteiger partial charge is 0.320 e. The summed E-state index contributed by atoms with van der Waals surface area (Å²) in [5, 5.41) is 23.4. The molecule has 3 aromatic rings. The number of pyridine rings is 1. The van der Waals surface area contributed by atoms with Gasteiger partial charge in [0.25, 0.3) is 0 Å². The molecule has 2 aliphatic rings. The Hall–Kier alpha value is -4.94. The van der Waals surface area contributed by atoms with Crippen molar-refractivity contribution in [3.63, 3.8) is 0 Å². The average Bonchev–Trinajstić information content (AvgIpc) is 3.09. The second-order valence-electron chi connectivity index (χ2n) is 14.0. The van der Waals surface area contributed by atoms with Gasteiger partial charge in [-0.15, -0.1) is 0 Å². The van der Waals surface area contributed by atoms with Crippen molar-refractivity contribution in [1.29, 1.82) is 10.8 Å². The Kier molecular flexibility index (Phi) is 11.8. The fourth-order valence-electron chi connectivity index (χ4n) is 5.85. The van der Waals surface area contributed by atoms with Crippen molar-refractivity contribution in [2.75, 3.05) is 46.4 Å². The Morgan fingerprint density at radius 3 is 2.48 bits per heavy atom. The van der Waals surface area contributed by atoms with E-state index in [4.69, 9.17) is 26.0 Å². The molecule has 50 heavy (non-hydrogen) atoms. The first kappa shape index (κ1) is 36.3. The Morgan fingerprint density at radius 1 is 1.08 bits per heavy atom. The van der Waals surface area contributed by atoms with E-state index >= 15 is 0 Å². The van der Waals surface area contributed by atoms with Crippen molar-refractivity contribution in [3.05, 3.63) is 101 Å². The number of urea groups is 1. The lowest BCUT2D eigenvalue weighted by Gasteiger charge is -2.32. The monoisotopic (exact) mass is 681 g/mol. The largest absolute Gasteiger partial charge is 0.484 e. The minimum absolute atomic E-state index is 0.198. The number of fused-ring (bicyclic) bond motifs is 1. The first-order chi connectivity index (χ1) is 23.9. The van der Waals surface area contributed by atoms with E-state index in [2.05, 4.69) is 20.5 Å². The third kappa shape index (κ3) is 9.60. The minimum atomic E-state index is -0.378. The van der Waals surface area contributed by atoms with Gasteiger partial charge in [-0.2, -0.15) is 0 Å². The number of carbonyl (C=O) groups is 1. The topological polar surface area (TPSA) is 157 Å². The van der Waals surface area contributed by atoms with Gasteiger partial charge in [-0.1, -0.05) is 62.7 Å². The van der Waals surface area contributed by atoms with Gasteiger partial charge >= 0.3 is 6.03 Å². The van der Waals surface area contributed by atoms with E-state index in [1.54, 1.807) is 24.4 Å². The number of aromatic nitrogens is 1. The van der Waals surface area contributed by atoms with E-state index in [0.29, 0.717) is 42.4 Å². The molecule has 5 rings (SSSR count). The highest BCUT2D eigenvalue weighted by Crippen LogP contribution is 2.38. The molecule has 0 saturated carbocycles. The number of morpholine rings is 1. The predicted molar refractivity (Wildman–Crippen MR) is 197 cm³/mol. The molecule has 2 amide bonds. The van der Waals surface area contributed by atoms with Gasteiger partial charge in [0.1, 0.15) is 23.2 Å². The molecule has 2 aromatic carbocycles. The number of aliphatic imine (C=N–C) groups is 1. The second kappa shape index (κ2) is 16.2. The van der Waals surface area contributed by atoms with Crippen LogP contribution in [0.1, 0.15) is 62.4 Å². The highest BCUT2D eigenvalue weighted by atomic mass is 16.5. The van der Waals surface area contributed by atoms with E-state index in [1.807, 2.05) is 88.2 Å². The fraction of sp³-hybridized carbons (Fsp3) is 0.421. The van der Waals surface area contributed by atoms with Gasteiger partial charge in [0.15, 0.2) is 0 Å². The Bertz CT molecular complexity index is 1770. The predicted octanol–water partition coefficient (Wildman–Crippen LogP) is 5.20. The molecule has 1 saturated heterocycles. The summed E-state index contributed by atoms with van der Waals surface area (Å²) in [6.45, 7) is 12.8. The number of hydrogen-bond donors (Lipinski definition) is 5. The van der Waals surface area contributed by atoms with Crippen molar-refractivity contribution in [2.24, 2.45) is 16.1 Å². The summed E-state index contributed by atoms with van der Waals surface area (Å²) in [5.41, 5.74) is 10.7. The van der Waals surface area contributed by atoms with Crippen molar-refractivity contribution in [3.8, 4) is 5.75 Å². The molecule has 2 atom stereocenters. The van der Waals surface area contributed by atoms with Gasteiger partial charge in [-0.3, -0.25) is 25.6 Å². The minimum Gasteiger partial charge on any atom is -0.484 e. The van der Waals surface area contributed by atoms with Crippen LogP contribution < -0.4 is 26.6 Å². The quantitative estimate of drug-likeness (QED) is 0.163. The number of amides is 2. The lowest BCUT2D eigenvalue weighted by atomic mass is 9.85. The van der Waals surface area contributed by atoms with Crippen LogP contribution in [0.5, 0.6) is 5.75 Å². The Balaban J connectivity index is 1.27. The van der Waals surface area contributed by atoms with Crippen LogP contribution >= 0.6 is 0 Å². The molecule has 6 N–H and O–H groups in total. The van der Waals surface area contributed by atoms with E-state index in [0.717, 1.165) is 49.5 Å². The molecule has 1 aliphatic carbocycles. The molecule has 0 unspecified atom stereocenters. The third-order valence-corrected chi connectivity index (χ3v) is 9.07. The molecule has 1 aliphatic heterocycles. The number of carbonyl (C=O) groups excluding carboxylic acids is 1. The van der Waals surface area contributed by atoms with Crippen LogP contribution in [-0.2, 0) is 4.74 Å².